The number of benzene rings is 8. The Kier molecular flexibility index (Phi) is 13.8. The Balaban J connectivity index is 0.00000611. The molecule has 1 saturated carbocycles. The van der Waals surface area contributed by atoms with Crippen LogP contribution < -0.4 is 0 Å². The largest absolute Gasteiger partial charge is 0.507 e. The summed E-state index contributed by atoms with van der Waals surface area (Å²) in [6.07, 6.45) is 8.49. The number of nitrogens with zero attached hydrogens (tertiary/aromatic N) is 3. The number of phenolic OH excluding ortho intramolecular Hbond substituents is 1. The van der Waals surface area contributed by atoms with Crippen LogP contribution in [-0.2, 0) is 31.9 Å². The van der Waals surface area contributed by atoms with Crippen molar-refractivity contribution in [3.05, 3.63) is 217 Å². The minimum Gasteiger partial charge on any atom is -0.507 e. The minimum atomic E-state index is -0.232. The topological polar surface area (TPSA) is 50.9 Å². The first-order valence-electron chi connectivity index (χ1n) is 25.7. The second-order valence-corrected chi connectivity index (χ2v) is 21.8. The summed E-state index contributed by atoms with van der Waals surface area (Å²) >= 11 is 0. The van der Waals surface area contributed by atoms with Gasteiger partial charge in [-0.3, -0.25) is 9.55 Å². The van der Waals surface area contributed by atoms with Gasteiger partial charge in [0.1, 0.15) is 11.6 Å². The van der Waals surface area contributed by atoms with Gasteiger partial charge >= 0.3 is 0 Å². The molecule has 1 aliphatic carbocycles. The molecule has 1 aliphatic rings. The van der Waals surface area contributed by atoms with E-state index in [1.165, 1.54) is 48.8 Å². The average Bonchev–Trinajstić information content (AvgIpc) is 3.80. The number of para-hydroxylation sites is 1. The maximum Gasteiger partial charge on any atom is 0.148 e. The van der Waals surface area contributed by atoms with E-state index in [0.717, 1.165) is 83.6 Å². The van der Waals surface area contributed by atoms with E-state index in [1.54, 1.807) is 0 Å². The third kappa shape index (κ3) is 10.0. The fraction of sp³-hybridized carbons (Fsp3) is 0.206. The van der Waals surface area contributed by atoms with E-state index >= 15 is 0 Å². The van der Waals surface area contributed by atoms with Crippen molar-refractivity contribution >= 4 is 11.0 Å². The average molecular weight is 1130 g/mol. The molecule has 366 valence electrons. The van der Waals surface area contributed by atoms with Crippen molar-refractivity contribution in [2.45, 2.75) is 90.4 Å². The molecule has 0 radical (unpaired) electrons. The molecule has 2 heterocycles. The van der Waals surface area contributed by atoms with Gasteiger partial charge in [-0.05, 0) is 110 Å². The van der Waals surface area contributed by atoms with Gasteiger partial charge in [-0.15, -0.1) is 23.8 Å². The van der Waals surface area contributed by atoms with Crippen molar-refractivity contribution in [2.24, 2.45) is 0 Å². The summed E-state index contributed by atoms with van der Waals surface area (Å²) in [6, 6.07) is 70.9. The van der Waals surface area contributed by atoms with Crippen molar-refractivity contribution in [1.82, 2.24) is 14.5 Å². The summed E-state index contributed by atoms with van der Waals surface area (Å²) < 4.78 is 2.27. The maximum atomic E-state index is 12.7. The van der Waals surface area contributed by atoms with Crippen LogP contribution in [-0.4, -0.2) is 19.6 Å². The Morgan fingerprint density at radius 3 is 1.74 bits per heavy atom. The first kappa shape index (κ1) is 49.4. The number of aromatic hydroxyl groups is 1. The first-order chi connectivity index (χ1) is 34.9. The monoisotopic (exact) mass is 1130 g/mol. The van der Waals surface area contributed by atoms with Crippen LogP contribution in [0.4, 0.5) is 0 Å². The van der Waals surface area contributed by atoms with Gasteiger partial charge in [-0.2, -0.15) is 0 Å². The van der Waals surface area contributed by atoms with E-state index in [2.05, 4.69) is 222 Å². The van der Waals surface area contributed by atoms with E-state index in [4.69, 9.17) is 9.97 Å². The molecule has 4 nitrogen and oxygen atoms in total. The van der Waals surface area contributed by atoms with Gasteiger partial charge in [0.15, 0.2) is 0 Å². The van der Waals surface area contributed by atoms with Crippen LogP contribution in [0.5, 0.6) is 5.75 Å². The van der Waals surface area contributed by atoms with Gasteiger partial charge in [-0.1, -0.05) is 217 Å². The van der Waals surface area contributed by atoms with E-state index in [9.17, 15) is 5.11 Å². The molecule has 0 saturated heterocycles. The van der Waals surface area contributed by atoms with Crippen molar-refractivity contribution in [1.29, 1.82) is 0 Å². The number of aromatic nitrogens is 3. The molecule has 0 spiro atoms. The fourth-order valence-corrected chi connectivity index (χ4v) is 10.7. The predicted octanol–water partition coefficient (Wildman–Crippen LogP) is 18.2. The smallest absolute Gasteiger partial charge is 0.148 e. The van der Waals surface area contributed by atoms with Gasteiger partial charge < -0.3 is 5.11 Å². The van der Waals surface area contributed by atoms with Crippen molar-refractivity contribution in [2.75, 3.05) is 0 Å². The number of fused-ring (bicyclic) bond motifs is 1. The number of imidazole rings is 1. The van der Waals surface area contributed by atoms with E-state index < -0.39 is 0 Å². The summed E-state index contributed by atoms with van der Waals surface area (Å²) in [5, 5.41) is 12.7. The van der Waals surface area contributed by atoms with Crippen LogP contribution in [0, 0.1) is 6.07 Å². The molecule has 5 heteroatoms. The van der Waals surface area contributed by atoms with E-state index in [0.29, 0.717) is 17.3 Å². The Bertz CT molecular complexity index is 3560. The molecule has 11 rings (SSSR count). The van der Waals surface area contributed by atoms with Gasteiger partial charge in [0.25, 0.3) is 0 Å². The molecule has 1 fully saturated rings. The molecular weight excluding hydrogens is 1070 g/mol. The third-order valence-corrected chi connectivity index (χ3v) is 14.8. The Labute approximate surface area is 446 Å². The summed E-state index contributed by atoms with van der Waals surface area (Å²) in [4.78, 5) is 10.7. The molecule has 73 heavy (non-hydrogen) atoms. The summed E-state index contributed by atoms with van der Waals surface area (Å²) in [5.74, 6) is 1.50. The van der Waals surface area contributed by atoms with Gasteiger partial charge in [0.05, 0.1) is 22.3 Å². The molecule has 0 aliphatic heterocycles. The Hall–Kier alpha value is -7.13. The SMILES string of the molecule is CC(C)(C)c1ccc(-n2c(-c3cc(C(C)(C)C)cc(-c4ccccc4)c3O)nc3c(-c4[c-]c(-c5cc(-c6ccc(C7CCCCC7)cc6)ccn5)cc(-c5ccccc5)c4)cccc32)c(-c2ccccc2)c1.[Pt]. The summed E-state index contributed by atoms with van der Waals surface area (Å²) in [6.45, 7) is 13.5. The van der Waals surface area contributed by atoms with Crippen LogP contribution in [0.25, 0.3) is 95.0 Å². The molecule has 0 atom stereocenters. The molecular formula is C68H62N3OPt-. The normalized spacial score (nSPS) is 13.2. The zero-order chi connectivity index (χ0) is 49.6. The van der Waals surface area contributed by atoms with Crippen LogP contribution >= 0.6 is 0 Å². The fourth-order valence-electron chi connectivity index (χ4n) is 10.7. The molecule has 10 aromatic rings. The van der Waals surface area contributed by atoms with Crippen molar-refractivity contribution in [3.8, 4) is 89.7 Å². The number of phenols is 1. The van der Waals surface area contributed by atoms with E-state index in [1.807, 2.05) is 24.4 Å². The second kappa shape index (κ2) is 20.4. The molecule has 8 aromatic carbocycles. The molecule has 0 unspecified atom stereocenters. The predicted molar refractivity (Wildman–Crippen MR) is 301 cm³/mol. The first-order valence-corrected chi connectivity index (χ1v) is 25.7. The van der Waals surface area contributed by atoms with Crippen molar-refractivity contribution < 1.29 is 26.2 Å². The summed E-state index contributed by atoms with van der Waals surface area (Å²) in [7, 11) is 0. The molecule has 0 amide bonds. The minimum absolute atomic E-state index is 0. The van der Waals surface area contributed by atoms with Gasteiger partial charge in [-0.25, -0.2) is 4.98 Å². The summed E-state index contributed by atoms with van der Waals surface area (Å²) in [5.41, 5.74) is 18.8. The van der Waals surface area contributed by atoms with Crippen LogP contribution in [0.1, 0.15) is 96.3 Å². The van der Waals surface area contributed by atoms with Crippen LogP contribution in [0.15, 0.2) is 194 Å². The quantitative estimate of drug-likeness (QED) is 0.147. The number of pyridine rings is 1. The van der Waals surface area contributed by atoms with Crippen molar-refractivity contribution in [3.63, 3.8) is 0 Å². The zero-order valence-electron chi connectivity index (χ0n) is 42.7. The number of rotatable bonds is 9. The molecule has 0 bridgehead atoms. The Morgan fingerprint density at radius 1 is 0.493 bits per heavy atom. The van der Waals surface area contributed by atoms with E-state index in [-0.39, 0.29) is 37.6 Å². The van der Waals surface area contributed by atoms with Gasteiger partial charge in [0.2, 0.25) is 0 Å². The van der Waals surface area contributed by atoms with Gasteiger partial charge in [0, 0.05) is 44.1 Å². The van der Waals surface area contributed by atoms with Crippen LogP contribution in [0.3, 0.4) is 0 Å². The maximum absolute atomic E-state index is 12.7. The Morgan fingerprint density at radius 2 is 1.08 bits per heavy atom. The molecule has 2 aromatic heterocycles. The molecule has 1 N–H and O–H groups in total. The number of hydrogen-bond donors (Lipinski definition) is 1. The number of hydrogen-bond acceptors (Lipinski definition) is 3. The standard InChI is InChI=1S/C68H62N3O.Pt/c1-67(2,3)55-34-35-62(58(42-55)49-24-15-9-16-25-49)71-63-29-19-28-57(64(63)70-66(71)60-44-56(68(4,5)6)43-59(65(60)72)50-26-17-10-18-27-50)53-38-52(46-22-13-8-14-23-46)39-54(40-53)61-41-51(36-37-69-61)48-32-30-47(31-33-48)45-20-11-7-12-21-45;/h8-10,13-19,22-39,41-45,72H,7,11-12,20-21H2,1-6H3;/q-1;. The third-order valence-electron chi connectivity index (χ3n) is 14.8. The second-order valence-electron chi connectivity index (χ2n) is 21.8. The zero-order valence-corrected chi connectivity index (χ0v) is 45.0. The van der Waals surface area contributed by atoms with Crippen LogP contribution in [0.2, 0.25) is 0 Å².